The smallest absolute Gasteiger partial charge is 0.407 e. The number of alkyl carbamates (subject to hydrolysis) is 1. The maximum atomic E-state index is 12.6. The summed E-state index contributed by atoms with van der Waals surface area (Å²) in [6, 6.07) is 25.5. The van der Waals surface area contributed by atoms with Gasteiger partial charge < -0.3 is 19.9 Å². The maximum absolute atomic E-state index is 12.6. The summed E-state index contributed by atoms with van der Waals surface area (Å²) in [5.74, 6) is -0.952. The molecule has 6 nitrogen and oxygen atoms in total. The van der Waals surface area contributed by atoms with Gasteiger partial charge in [-0.2, -0.15) is 0 Å². The van der Waals surface area contributed by atoms with Gasteiger partial charge in [0.2, 0.25) is 0 Å². The topological polar surface area (TPSA) is 84.9 Å². The molecule has 0 bridgehead atoms. The van der Waals surface area contributed by atoms with E-state index in [1.54, 1.807) is 0 Å². The molecule has 3 aromatic carbocycles. The second-order valence-electron chi connectivity index (χ2n) is 8.10. The van der Waals surface area contributed by atoms with Gasteiger partial charge in [-0.1, -0.05) is 78.9 Å². The van der Waals surface area contributed by atoms with Crippen LogP contribution in [-0.4, -0.2) is 36.4 Å². The summed E-state index contributed by atoms with van der Waals surface area (Å²) in [5.41, 5.74) is 5.61. The third kappa shape index (κ3) is 5.79. The predicted molar refractivity (Wildman–Crippen MR) is 125 cm³/mol. The van der Waals surface area contributed by atoms with Crippen LogP contribution >= 0.6 is 0 Å². The van der Waals surface area contributed by atoms with Gasteiger partial charge in [0.1, 0.15) is 6.61 Å². The Labute approximate surface area is 193 Å². The van der Waals surface area contributed by atoms with Crippen molar-refractivity contribution in [2.75, 3.05) is 13.2 Å². The first-order chi connectivity index (χ1) is 16.1. The predicted octanol–water partition coefficient (Wildman–Crippen LogP) is 4.98. The number of carboxylic acid groups (broad SMARTS) is 1. The SMILES string of the molecule is O=C(O)CC[C@@H](COCc1ccccc1)NC(=O)OCC1c2ccccc2-c2ccccc21. The van der Waals surface area contributed by atoms with Crippen LogP contribution in [-0.2, 0) is 20.9 Å². The van der Waals surface area contributed by atoms with E-state index in [-0.39, 0.29) is 32.0 Å². The average molecular weight is 446 g/mol. The van der Waals surface area contributed by atoms with Crippen LogP contribution in [0.2, 0.25) is 0 Å². The minimum absolute atomic E-state index is 0.0325. The fourth-order valence-electron chi connectivity index (χ4n) is 4.19. The Hall–Kier alpha value is -3.64. The second kappa shape index (κ2) is 10.8. The first kappa shape index (κ1) is 22.6. The minimum Gasteiger partial charge on any atom is -0.481 e. The quantitative estimate of drug-likeness (QED) is 0.460. The van der Waals surface area contributed by atoms with Crippen molar-refractivity contribution in [3.63, 3.8) is 0 Å². The number of fused-ring (bicyclic) bond motifs is 3. The third-order valence-electron chi connectivity index (χ3n) is 5.80. The number of amides is 1. The molecule has 0 radical (unpaired) electrons. The van der Waals surface area contributed by atoms with Gasteiger partial charge in [-0.25, -0.2) is 4.79 Å². The summed E-state index contributed by atoms with van der Waals surface area (Å²) in [6.45, 7) is 0.791. The Morgan fingerprint density at radius 3 is 2.12 bits per heavy atom. The van der Waals surface area contributed by atoms with Gasteiger partial charge in [0.05, 0.1) is 19.3 Å². The van der Waals surface area contributed by atoms with Crippen LogP contribution in [0.25, 0.3) is 11.1 Å². The number of aliphatic carboxylic acids is 1. The van der Waals surface area contributed by atoms with Gasteiger partial charge in [-0.15, -0.1) is 0 Å². The van der Waals surface area contributed by atoms with Crippen LogP contribution in [0.1, 0.15) is 35.4 Å². The standard InChI is InChI=1S/C27H27NO5/c29-26(30)15-14-20(17-32-16-19-8-2-1-3-9-19)28-27(31)33-18-25-23-12-6-4-10-21(23)22-11-5-7-13-24(22)25/h1-13,20,25H,14-18H2,(H,28,31)(H,29,30)/t20-/m0/s1. The van der Waals surface area contributed by atoms with Crippen LogP contribution in [0, 0.1) is 0 Å². The number of benzene rings is 3. The molecule has 0 aromatic heterocycles. The van der Waals surface area contributed by atoms with Gasteiger partial charge in [0.25, 0.3) is 0 Å². The van der Waals surface area contributed by atoms with E-state index in [1.165, 1.54) is 0 Å². The van der Waals surface area contributed by atoms with Crippen LogP contribution < -0.4 is 5.32 Å². The van der Waals surface area contributed by atoms with Crippen molar-refractivity contribution in [3.8, 4) is 11.1 Å². The summed E-state index contributed by atoms with van der Waals surface area (Å²) in [6.07, 6.45) is -0.382. The van der Waals surface area contributed by atoms with Crippen molar-refractivity contribution in [1.82, 2.24) is 5.32 Å². The Morgan fingerprint density at radius 1 is 0.879 bits per heavy atom. The fraction of sp³-hybridized carbons (Fsp3) is 0.259. The van der Waals surface area contributed by atoms with Gasteiger partial charge in [-0.3, -0.25) is 4.79 Å². The van der Waals surface area contributed by atoms with E-state index in [2.05, 4.69) is 29.6 Å². The van der Waals surface area contributed by atoms with Crippen molar-refractivity contribution in [2.45, 2.75) is 31.4 Å². The highest BCUT2D eigenvalue weighted by Crippen LogP contribution is 2.44. The monoisotopic (exact) mass is 445 g/mol. The number of nitrogens with one attached hydrogen (secondary N) is 1. The molecule has 1 aliphatic carbocycles. The highest BCUT2D eigenvalue weighted by molar-refractivity contribution is 5.79. The third-order valence-corrected chi connectivity index (χ3v) is 5.80. The molecule has 1 atom stereocenters. The molecule has 0 fully saturated rings. The van der Waals surface area contributed by atoms with E-state index in [0.717, 1.165) is 27.8 Å². The number of carbonyl (C=O) groups excluding carboxylic acids is 1. The molecule has 1 amide bonds. The molecule has 1 aliphatic rings. The number of carboxylic acids is 1. The molecule has 0 saturated heterocycles. The molecule has 33 heavy (non-hydrogen) atoms. The van der Waals surface area contributed by atoms with Gasteiger partial charge in [0, 0.05) is 12.3 Å². The summed E-state index contributed by atoms with van der Waals surface area (Å²) in [7, 11) is 0. The van der Waals surface area contributed by atoms with Crippen molar-refractivity contribution in [1.29, 1.82) is 0 Å². The molecule has 6 heteroatoms. The summed E-state index contributed by atoms with van der Waals surface area (Å²) >= 11 is 0. The van der Waals surface area contributed by atoms with Crippen molar-refractivity contribution in [3.05, 3.63) is 95.6 Å². The number of hydrogen-bond acceptors (Lipinski definition) is 4. The van der Waals surface area contributed by atoms with Gasteiger partial charge in [0.15, 0.2) is 0 Å². The molecule has 0 saturated carbocycles. The zero-order valence-corrected chi connectivity index (χ0v) is 18.3. The molecular weight excluding hydrogens is 418 g/mol. The lowest BCUT2D eigenvalue weighted by Gasteiger charge is -2.20. The highest BCUT2D eigenvalue weighted by Gasteiger charge is 2.29. The van der Waals surface area contributed by atoms with E-state index in [4.69, 9.17) is 14.6 Å². The van der Waals surface area contributed by atoms with Crippen molar-refractivity contribution >= 4 is 12.1 Å². The van der Waals surface area contributed by atoms with Crippen LogP contribution in [0.3, 0.4) is 0 Å². The first-order valence-corrected chi connectivity index (χ1v) is 11.1. The normalized spacial score (nSPS) is 13.1. The zero-order valence-electron chi connectivity index (χ0n) is 18.3. The number of carbonyl (C=O) groups is 2. The lowest BCUT2D eigenvalue weighted by molar-refractivity contribution is -0.137. The molecule has 0 aliphatic heterocycles. The summed E-state index contributed by atoms with van der Waals surface area (Å²) in [5, 5.41) is 11.8. The number of ether oxygens (including phenoxy) is 2. The summed E-state index contributed by atoms with van der Waals surface area (Å²) in [4.78, 5) is 23.6. The molecule has 2 N–H and O–H groups in total. The van der Waals surface area contributed by atoms with E-state index in [0.29, 0.717) is 6.61 Å². The van der Waals surface area contributed by atoms with Crippen LogP contribution in [0.15, 0.2) is 78.9 Å². The molecule has 0 heterocycles. The Bertz CT molecular complexity index is 1050. The molecule has 0 unspecified atom stereocenters. The van der Waals surface area contributed by atoms with Gasteiger partial charge >= 0.3 is 12.1 Å². The van der Waals surface area contributed by atoms with E-state index < -0.39 is 18.1 Å². The lowest BCUT2D eigenvalue weighted by atomic mass is 9.98. The Kier molecular flexibility index (Phi) is 7.37. The second-order valence-corrected chi connectivity index (χ2v) is 8.10. The first-order valence-electron chi connectivity index (χ1n) is 11.1. The van der Waals surface area contributed by atoms with E-state index in [1.807, 2.05) is 54.6 Å². The number of hydrogen-bond donors (Lipinski definition) is 2. The van der Waals surface area contributed by atoms with E-state index in [9.17, 15) is 9.59 Å². The lowest BCUT2D eigenvalue weighted by Crippen LogP contribution is -2.39. The Morgan fingerprint density at radius 2 is 1.48 bits per heavy atom. The van der Waals surface area contributed by atoms with Crippen molar-refractivity contribution in [2.24, 2.45) is 0 Å². The zero-order chi connectivity index (χ0) is 23.0. The van der Waals surface area contributed by atoms with E-state index >= 15 is 0 Å². The van der Waals surface area contributed by atoms with Crippen molar-refractivity contribution < 1.29 is 24.2 Å². The largest absolute Gasteiger partial charge is 0.481 e. The fourth-order valence-corrected chi connectivity index (χ4v) is 4.19. The average Bonchev–Trinajstić information content (AvgIpc) is 3.15. The van der Waals surface area contributed by atoms with Gasteiger partial charge in [-0.05, 0) is 34.2 Å². The molecule has 170 valence electrons. The van der Waals surface area contributed by atoms with Crippen LogP contribution in [0.5, 0.6) is 0 Å². The number of rotatable bonds is 10. The molecular formula is C27H27NO5. The molecule has 4 rings (SSSR count). The van der Waals surface area contributed by atoms with Crippen LogP contribution in [0.4, 0.5) is 4.79 Å². The molecule has 3 aromatic rings. The Balaban J connectivity index is 1.34. The summed E-state index contributed by atoms with van der Waals surface area (Å²) < 4.78 is 11.3. The molecule has 0 spiro atoms. The minimum atomic E-state index is -0.919. The highest BCUT2D eigenvalue weighted by atomic mass is 16.5. The maximum Gasteiger partial charge on any atom is 0.407 e.